The van der Waals surface area contributed by atoms with Crippen LogP contribution in [0, 0.1) is 19.8 Å². The minimum Gasteiger partial charge on any atom is -0.483 e. The van der Waals surface area contributed by atoms with Gasteiger partial charge in [0.15, 0.2) is 6.61 Å². The van der Waals surface area contributed by atoms with E-state index in [1.165, 1.54) is 6.42 Å². The first-order valence-electron chi connectivity index (χ1n) is 9.59. The van der Waals surface area contributed by atoms with Crippen LogP contribution >= 0.6 is 0 Å². The van der Waals surface area contributed by atoms with Gasteiger partial charge in [-0.25, -0.2) is 0 Å². The lowest BCUT2D eigenvalue weighted by Gasteiger charge is -2.21. The van der Waals surface area contributed by atoms with E-state index in [2.05, 4.69) is 19.1 Å². The largest absolute Gasteiger partial charge is 0.483 e. The fourth-order valence-corrected chi connectivity index (χ4v) is 3.46. The molecule has 2 fully saturated rings. The third-order valence-corrected chi connectivity index (χ3v) is 5.49. The molecular formula is C22H27NO3. The summed E-state index contributed by atoms with van der Waals surface area (Å²) in [7, 11) is 0. The van der Waals surface area contributed by atoms with Crippen LogP contribution in [0.2, 0.25) is 0 Å². The molecule has 1 amide bonds. The summed E-state index contributed by atoms with van der Waals surface area (Å²) in [5.41, 5.74) is 2.19. The van der Waals surface area contributed by atoms with Gasteiger partial charge >= 0.3 is 0 Å². The van der Waals surface area contributed by atoms with Crippen molar-refractivity contribution in [2.24, 2.45) is 5.92 Å². The summed E-state index contributed by atoms with van der Waals surface area (Å²) in [4.78, 5) is 14.7. The normalized spacial score (nSPS) is 21.5. The van der Waals surface area contributed by atoms with E-state index in [1.807, 2.05) is 36.9 Å². The Morgan fingerprint density at radius 2 is 2.00 bits per heavy atom. The van der Waals surface area contributed by atoms with Crippen LogP contribution in [0.1, 0.15) is 54.8 Å². The van der Waals surface area contributed by atoms with Gasteiger partial charge in [-0.2, -0.15) is 0 Å². The standard InChI is InChI=1S/C22H27NO3/c1-14-4-5-15(2)21(10-14)25-13-22(24)23(17-6-7-17)12-18-8-9-20(26-18)19-11-16(19)3/h4-5,8-10,16-17,19H,6-7,11-13H2,1-3H3. The van der Waals surface area contributed by atoms with Crippen LogP contribution in [-0.2, 0) is 11.3 Å². The molecule has 0 spiro atoms. The number of rotatable bonds is 7. The summed E-state index contributed by atoms with van der Waals surface area (Å²) >= 11 is 0. The van der Waals surface area contributed by atoms with E-state index in [0.29, 0.717) is 18.5 Å². The highest BCUT2D eigenvalue weighted by Gasteiger charge is 2.37. The highest BCUT2D eigenvalue weighted by Crippen LogP contribution is 2.47. The zero-order chi connectivity index (χ0) is 18.3. The molecule has 0 radical (unpaired) electrons. The second-order valence-electron chi connectivity index (χ2n) is 7.93. The van der Waals surface area contributed by atoms with Gasteiger partial charge in [-0.3, -0.25) is 4.79 Å². The van der Waals surface area contributed by atoms with Crippen molar-refractivity contribution in [3.63, 3.8) is 0 Å². The number of aryl methyl sites for hydroxylation is 2. The van der Waals surface area contributed by atoms with Crippen molar-refractivity contribution in [1.29, 1.82) is 0 Å². The van der Waals surface area contributed by atoms with Gasteiger partial charge in [0.05, 0.1) is 6.54 Å². The molecule has 1 heterocycles. The van der Waals surface area contributed by atoms with Crippen molar-refractivity contribution in [2.75, 3.05) is 6.61 Å². The third kappa shape index (κ3) is 3.79. The van der Waals surface area contributed by atoms with Crippen LogP contribution in [0.3, 0.4) is 0 Å². The Bertz CT molecular complexity index is 805. The second-order valence-corrected chi connectivity index (χ2v) is 7.93. The fraction of sp³-hybridized carbons (Fsp3) is 0.500. The van der Waals surface area contributed by atoms with E-state index in [9.17, 15) is 4.79 Å². The van der Waals surface area contributed by atoms with Crippen LogP contribution < -0.4 is 4.74 Å². The summed E-state index contributed by atoms with van der Waals surface area (Å²) in [6, 6.07) is 10.5. The van der Waals surface area contributed by atoms with Gasteiger partial charge in [0, 0.05) is 12.0 Å². The number of carbonyl (C=O) groups excluding carboxylic acids is 1. The Labute approximate surface area is 155 Å². The Morgan fingerprint density at radius 3 is 2.69 bits per heavy atom. The lowest BCUT2D eigenvalue weighted by Crippen LogP contribution is -2.36. The molecule has 2 aromatic rings. The average molecular weight is 353 g/mol. The number of nitrogens with zero attached hydrogens (tertiary/aromatic N) is 1. The first kappa shape index (κ1) is 17.2. The molecule has 2 atom stereocenters. The van der Waals surface area contributed by atoms with Crippen LogP contribution in [0.15, 0.2) is 34.7 Å². The smallest absolute Gasteiger partial charge is 0.261 e. The van der Waals surface area contributed by atoms with Gasteiger partial charge in [-0.15, -0.1) is 0 Å². The fourth-order valence-electron chi connectivity index (χ4n) is 3.46. The number of benzene rings is 1. The molecule has 1 aromatic carbocycles. The molecule has 26 heavy (non-hydrogen) atoms. The maximum absolute atomic E-state index is 12.8. The first-order chi connectivity index (χ1) is 12.5. The van der Waals surface area contributed by atoms with Gasteiger partial charge in [0.1, 0.15) is 17.3 Å². The predicted octanol–water partition coefficient (Wildman–Crippen LogP) is 4.59. The Hall–Kier alpha value is -2.23. The second kappa shape index (κ2) is 6.82. The maximum atomic E-state index is 12.8. The topological polar surface area (TPSA) is 42.7 Å². The molecule has 0 bridgehead atoms. The number of ether oxygens (including phenoxy) is 1. The highest BCUT2D eigenvalue weighted by atomic mass is 16.5. The van der Waals surface area contributed by atoms with E-state index in [-0.39, 0.29) is 12.5 Å². The molecule has 0 saturated heterocycles. The van der Waals surface area contributed by atoms with Crippen LogP contribution in [-0.4, -0.2) is 23.5 Å². The summed E-state index contributed by atoms with van der Waals surface area (Å²) in [6.45, 7) is 6.90. The van der Waals surface area contributed by atoms with Gasteiger partial charge in [-0.05, 0) is 68.4 Å². The van der Waals surface area contributed by atoms with Crippen molar-refractivity contribution in [3.05, 3.63) is 53.0 Å². The molecule has 4 heteroatoms. The van der Waals surface area contributed by atoms with Crippen molar-refractivity contribution in [3.8, 4) is 5.75 Å². The molecule has 2 aliphatic rings. The number of furan rings is 1. The Morgan fingerprint density at radius 1 is 1.23 bits per heavy atom. The van der Waals surface area contributed by atoms with Crippen molar-refractivity contribution < 1.29 is 13.9 Å². The summed E-state index contributed by atoms with van der Waals surface area (Å²) in [5, 5.41) is 0. The van der Waals surface area contributed by atoms with E-state index in [1.54, 1.807) is 0 Å². The first-order valence-corrected chi connectivity index (χ1v) is 9.59. The van der Waals surface area contributed by atoms with Crippen molar-refractivity contribution >= 4 is 5.91 Å². The Kier molecular flexibility index (Phi) is 4.51. The van der Waals surface area contributed by atoms with E-state index < -0.39 is 0 Å². The molecule has 4 nitrogen and oxygen atoms in total. The Balaban J connectivity index is 1.39. The maximum Gasteiger partial charge on any atom is 0.261 e. The highest BCUT2D eigenvalue weighted by molar-refractivity contribution is 5.78. The average Bonchev–Trinajstić information content (AvgIpc) is 3.54. The molecule has 0 N–H and O–H groups in total. The predicted molar refractivity (Wildman–Crippen MR) is 100 cm³/mol. The van der Waals surface area contributed by atoms with E-state index >= 15 is 0 Å². The zero-order valence-electron chi connectivity index (χ0n) is 15.8. The van der Waals surface area contributed by atoms with Crippen LogP contribution in [0.5, 0.6) is 5.75 Å². The van der Waals surface area contributed by atoms with Crippen LogP contribution in [0.4, 0.5) is 0 Å². The van der Waals surface area contributed by atoms with E-state index in [0.717, 1.165) is 47.2 Å². The number of hydrogen-bond acceptors (Lipinski definition) is 3. The molecule has 2 unspecified atom stereocenters. The quantitative estimate of drug-likeness (QED) is 0.731. The van der Waals surface area contributed by atoms with Gasteiger partial charge in [0.2, 0.25) is 0 Å². The van der Waals surface area contributed by atoms with Crippen molar-refractivity contribution in [1.82, 2.24) is 4.90 Å². The summed E-state index contributed by atoms with van der Waals surface area (Å²) in [6.07, 6.45) is 3.35. The number of carbonyl (C=O) groups is 1. The van der Waals surface area contributed by atoms with Crippen LogP contribution in [0.25, 0.3) is 0 Å². The molecular weight excluding hydrogens is 326 g/mol. The van der Waals surface area contributed by atoms with E-state index in [4.69, 9.17) is 9.15 Å². The molecule has 4 rings (SSSR count). The van der Waals surface area contributed by atoms with Gasteiger partial charge in [0.25, 0.3) is 5.91 Å². The molecule has 138 valence electrons. The van der Waals surface area contributed by atoms with Gasteiger partial charge in [-0.1, -0.05) is 19.1 Å². The lowest BCUT2D eigenvalue weighted by molar-refractivity contribution is -0.134. The molecule has 2 aliphatic carbocycles. The SMILES string of the molecule is Cc1ccc(C)c(OCC(=O)N(Cc2ccc(C3CC3C)o2)C2CC2)c1. The summed E-state index contributed by atoms with van der Waals surface area (Å²) in [5.74, 6) is 4.07. The lowest BCUT2D eigenvalue weighted by atomic mass is 10.1. The number of amides is 1. The minimum atomic E-state index is 0.0335. The molecule has 1 aromatic heterocycles. The van der Waals surface area contributed by atoms with Gasteiger partial charge < -0.3 is 14.1 Å². The summed E-state index contributed by atoms with van der Waals surface area (Å²) < 4.78 is 11.8. The van der Waals surface area contributed by atoms with Crippen molar-refractivity contribution in [2.45, 2.75) is 58.5 Å². The zero-order valence-corrected chi connectivity index (χ0v) is 15.8. The third-order valence-electron chi connectivity index (χ3n) is 5.49. The molecule has 0 aliphatic heterocycles. The number of hydrogen-bond donors (Lipinski definition) is 0. The minimum absolute atomic E-state index is 0.0335. The monoisotopic (exact) mass is 353 g/mol. The molecule has 2 saturated carbocycles.